The molecule has 84 valence electrons. The van der Waals surface area contributed by atoms with Crippen LogP contribution in [-0.4, -0.2) is 22.6 Å². The zero-order chi connectivity index (χ0) is 11.1. The van der Waals surface area contributed by atoms with Crippen molar-refractivity contribution in [2.24, 2.45) is 0 Å². The molecule has 3 nitrogen and oxygen atoms in total. The predicted molar refractivity (Wildman–Crippen MR) is 67.2 cm³/mol. The van der Waals surface area contributed by atoms with E-state index in [1.54, 1.807) is 28.6 Å². The van der Waals surface area contributed by atoms with Gasteiger partial charge in [0.1, 0.15) is 11.3 Å². The van der Waals surface area contributed by atoms with E-state index in [0.717, 1.165) is 28.9 Å². The minimum absolute atomic E-state index is 0.746. The van der Waals surface area contributed by atoms with E-state index in [0.29, 0.717) is 0 Å². The van der Waals surface area contributed by atoms with Crippen LogP contribution in [0.25, 0.3) is 0 Å². The maximum Gasteiger partial charge on any atom is 0.174 e. The Kier molecular flexibility index (Phi) is 4.64. The number of ether oxygens (including phenoxy) is 1. The largest absolute Gasteiger partial charge is 0.494 e. The second-order valence-electron chi connectivity index (χ2n) is 3.07. The molecule has 1 heterocycles. The molecule has 0 saturated carbocycles. The molecular formula is C11H12N2OS2. The van der Waals surface area contributed by atoms with E-state index < -0.39 is 0 Å². The van der Waals surface area contributed by atoms with Gasteiger partial charge in [0.2, 0.25) is 0 Å². The lowest BCUT2D eigenvalue weighted by Crippen LogP contribution is -1.98. The Bertz CT molecular complexity index is 392. The number of rotatable bonds is 6. The fourth-order valence-corrected chi connectivity index (χ4v) is 2.62. The number of thioether (sulfide) groups is 1. The Morgan fingerprint density at radius 2 is 2.12 bits per heavy atom. The normalized spacial score (nSPS) is 10.2. The average Bonchev–Trinajstić information content (AvgIpc) is 2.83. The minimum Gasteiger partial charge on any atom is -0.494 e. The third kappa shape index (κ3) is 3.83. The van der Waals surface area contributed by atoms with Crippen molar-refractivity contribution in [3.63, 3.8) is 0 Å². The molecule has 0 atom stereocenters. The van der Waals surface area contributed by atoms with Crippen LogP contribution in [-0.2, 0) is 0 Å². The summed E-state index contributed by atoms with van der Waals surface area (Å²) in [5.74, 6) is 1.95. The molecule has 0 bridgehead atoms. The second-order valence-corrected chi connectivity index (χ2v) is 5.24. The monoisotopic (exact) mass is 252 g/mol. The molecule has 0 aliphatic carbocycles. The number of para-hydroxylation sites is 1. The van der Waals surface area contributed by atoms with Crippen LogP contribution in [0.1, 0.15) is 6.42 Å². The van der Waals surface area contributed by atoms with Gasteiger partial charge in [-0.15, -0.1) is 10.2 Å². The van der Waals surface area contributed by atoms with Crippen LogP contribution >= 0.6 is 23.1 Å². The molecule has 0 unspecified atom stereocenters. The van der Waals surface area contributed by atoms with Gasteiger partial charge in [-0.05, 0) is 18.6 Å². The van der Waals surface area contributed by atoms with Gasteiger partial charge in [0, 0.05) is 5.75 Å². The molecule has 5 heteroatoms. The molecule has 2 aromatic rings. The van der Waals surface area contributed by atoms with E-state index in [1.807, 2.05) is 30.3 Å². The Morgan fingerprint density at radius 3 is 2.88 bits per heavy atom. The Hall–Kier alpha value is -1.07. The number of hydrogen-bond acceptors (Lipinski definition) is 5. The first-order chi connectivity index (χ1) is 7.95. The maximum atomic E-state index is 5.58. The molecule has 2 rings (SSSR count). The number of aromatic nitrogens is 2. The van der Waals surface area contributed by atoms with Crippen molar-refractivity contribution in [2.45, 2.75) is 10.8 Å². The fourth-order valence-electron chi connectivity index (χ4n) is 1.15. The third-order valence-corrected chi connectivity index (χ3v) is 3.81. The minimum atomic E-state index is 0.746. The van der Waals surface area contributed by atoms with Gasteiger partial charge >= 0.3 is 0 Å². The van der Waals surface area contributed by atoms with E-state index in [4.69, 9.17) is 4.74 Å². The average molecular weight is 252 g/mol. The van der Waals surface area contributed by atoms with Crippen LogP contribution in [0.15, 0.2) is 40.2 Å². The van der Waals surface area contributed by atoms with Crippen LogP contribution in [0.2, 0.25) is 0 Å². The van der Waals surface area contributed by atoms with Gasteiger partial charge in [-0.25, -0.2) is 0 Å². The molecule has 0 N–H and O–H groups in total. The zero-order valence-electron chi connectivity index (χ0n) is 8.70. The molecule has 0 aliphatic rings. The van der Waals surface area contributed by atoms with Crippen molar-refractivity contribution in [1.29, 1.82) is 0 Å². The molecule has 1 aromatic carbocycles. The molecule has 16 heavy (non-hydrogen) atoms. The van der Waals surface area contributed by atoms with E-state index in [2.05, 4.69) is 10.2 Å². The highest BCUT2D eigenvalue weighted by molar-refractivity contribution is 8.00. The highest BCUT2D eigenvalue weighted by atomic mass is 32.2. The van der Waals surface area contributed by atoms with E-state index >= 15 is 0 Å². The number of hydrogen-bond donors (Lipinski definition) is 0. The Labute approximate surface area is 103 Å². The van der Waals surface area contributed by atoms with E-state index in [-0.39, 0.29) is 0 Å². The predicted octanol–water partition coefficient (Wildman–Crippen LogP) is 3.10. The third-order valence-electron chi connectivity index (χ3n) is 1.87. The summed E-state index contributed by atoms with van der Waals surface area (Å²) in [6.07, 6.45) is 1.01. The van der Waals surface area contributed by atoms with Gasteiger partial charge < -0.3 is 4.74 Å². The lowest BCUT2D eigenvalue weighted by atomic mass is 10.3. The smallest absolute Gasteiger partial charge is 0.174 e. The highest BCUT2D eigenvalue weighted by Crippen LogP contribution is 2.19. The zero-order valence-corrected chi connectivity index (χ0v) is 10.3. The summed E-state index contributed by atoms with van der Waals surface area (Å²) in [5, 5.41) is 7.75. The van der Waals surface area contributed by atoms with Crippen molar-refractivity contribution in [3.8, 4) is 5.75 Å². The van der Waals surface area contributed by atoms with Crippen LogP contribution in [0.3, 0.4) is 0 Å². The van der Waals surface area contributed by atoms with E-state index in [9.17, 15) is 0 Å². The first kappa shape index (κ1) is 11.4. The van der Waals surface area contributed by atoms with E-state index in [1.165, 1.54) is 0 Å². The van der Waals surface area contributed by atoms with Crippen molar-refractivity contribution in [1.82, 2.24) is 10.2 Å². The van der Waals surface area contributed by atoms with Crippen LogP contribution in [0, 0.1) is 0 Å². The van der Waals surface area contributed by atoms with Gasteiger partial charge in [0.15, 0.2) is 4.34 Å². The molecular weight excluding hydrogens is 240 g/mol. The fraction of sp³-hybridized carbons (Fsp3) is 0.273. The molecule has 0 aliphatic heterocycles. The highest BCUT2D eigenvalue weighted by Gasteiger charge is 1.97. The lowest BCUT2D eigenvalue weighted by molar-refractivity contribution is 0.318. The lowest BCUT2D eigenvalue weighted by Gasteiger charge is -2.04. The molecule has 0 fully saturated rings. The van der Waals surface area contributed by atoms with Gasteiger partial charge in [-0.2, -0.15) is 0 Å². The summed E-state index contributed by atoms with van der Waals surface area (Å²) in [5.41, 5.74) is 1.75. The van der Waals surface area contributed by atoms with Crippen molar-refractivity contribution in [3.05, 3.63) is 35.8 Å². The summed E-state index contributed by atoms with van der Waals surface area (Å²) in [6, 6.07) is 9.88. The maximum absolute atomic E-state index is 5.58. The molecule has 1 aromatic heterocycles. The van der Waals surface area contributed by atoms with Gasteiger partial charge in [-0.3, -0.25) is 0 Å². The SMILES string of the molecule is c1ccc(OCCCSc2nncs2)cc1. The topological polar surface area (TPSA) is 35.0 Å². The Morgan fingerprint density at radius 1 is 1.25 bits per heavy atom. The second kappa shape index (κ2) is 6.50. The number of nitrogens with zero attached hydrogens (tertiary/aromatic N) is 2. The van der Waals surface area contributed by atoms with Crippen molar-refractivity contribution in [2.75, 3.05) is 12.4 Å². The quantitative estimate of drug-likeness (QED) is 0.584. The molecule has 0 radical (unpaired) electrons. The first-order valence-electron chi connectivity index (χ1n) is 5.02. The van der Waals surface area contributed by atoms with Crippen LogP contribution in [0.4, 0.5) is 0 Å². The summed E-state index contributed by atoms with van der Waals surface area (Å²) >= 11 is 3.30. The number of benzene rings is 1. The van der Waals surface area contributed by atoms with Crippen LogP contribution < -0.4 is 4.74 Å². The Balaban J connectivity index is 1.59. The molecule has 0 saturated heterocycles. The van der Waals surface area contributed by atoms with Gasteiger partial charge in [-0.1, -0.05) is 41.3 Å². The summed E-state index contributed by atoms with van der Waals surface area (Å²) < 4.78 is 6.61. The molecule has 0 amide bonds. The summed E-state index contributed by atoms with van der Waals surface area (Å²) in [6.45, 7) is 0.746. The van der Waals surface area contributed by atoms with Gasteiger partial charge in [0.05, 0.1) is 6.61 Å². The first-order valence-corrected chi connectivity index (χ1v) is 6.88. The van der Waals surface area contributed by atoms with Crippen LogP contribution in [0.5, 0.6) is 5.75 Å². The summed E-state index contributed by atoms with van der Waals surface area (Å²) in [7, 11) is 0. The molecule has 0 spiro atoms. The van der Waals surface area contributed by atoms with Crippen molar-refractivity contribution >= 4 is 23.1 Å². The van der Waals surface area contributed by atoms with Crippen molar-refractivity contribution < 1.29 is 4.74 Å². The standard InChI is InChI=1S/C11H12N2OS2/c1-2-5-10(6-3-1)14-7-4-8-15-11-13-12-9-16-11/h1-3,5-6,9H,4,7-8H2. The van der Waals surface area contributed by atoms with Gasteiger partial charge in [0.25, 0.3) is 0 Å². The summed E-state index contributed by atoms with van der Waals surface area (Å²) in [4.78, 5) is 0.